The van der Waals surface area contributed by atoms with Gasteiger partial charge in [-0.2, -0.15) is 0 Å². The van der Waals surface area contributed by atoms with Crippen LogP contribution in [0.2, 0.25) is 0 Å². The molecule has 2 atom stereocenters. The largest absolute Gasteiger partial charge is 0.479 e. The van der Waals surface area contributed by atoms with E-state index in [1.54, 1.807) is 23.7 Å². The fourth-order valence-corrected chi connectivity index (χ4v) is 2.74. The van der Waals surface area contributed by atoms with Gasteiger partial charge in [-0.1, -0.05) is 12.1 Å². The highest BCUT2D eigenvalue weighted by Crippen LogP contribution is 2.22. The van der Waals surface area contributed by atoms with Crippen LogP contribution in [0, 0.1) is 0 Å². The number of rotatable bonds is 5. The molecule has 2 rings (SSSR count). The summed E-state index contributed by atoms with van der Waals surface area (Å²) in [7, 11) is 1.71. The van der Waals surface area contributed by atoms with Crippen LogP contribution in [-0.4, -0.2) is 47.4 Å². The van der Waals surface area contributed by atoms with Crippen molar-refractivity contribution in [1.29, 1.82) is 0 Å². The number of hydrogen-bond acceptors (Lipinski definition) is 4. The summed E-state index contributed by atoms with van der Waals surface area (Å²) in [6, 6.07) is 8.02. The van der Waals surface area contributed by atoms with E-state index < -0.39 is 18.2 Å². The van der Waals surface area contributed by atoms with Gasteiger partial charge in [-0.05, 0) is 36.8 Å². The lowest BCUT2D eigenvalue weighted by Gasteiger charge is -2.21. The van der Waals surface area contributed by atoms with Gasteiger partial charge in [-0.3, -0.25) is 4.79 Å². The van der Waals surface area contributed by atoms with Gasteiger partial charge in [0.1, 0.15) is 6.10 Å². The summed E-state index contributed by atoms with van der Waals surface area (Å²) in [5, 5.41) is 8.88. The molecule has 21 heavy (non-hydrogen) atoms. The van der Waals surface area contributed by atoms with E-state index >= 15 is 0 Å². The minimum Gasteiger partial charge on any atom is -0.479 e. The molecule has 1 aromatic rings. The van der Waals surface area contributed by atoms with E-state index in [4.69, 9.17) is 9.84 Å². The summed E-state index contributed by atoms with van der Waals surface area (Å²) >= 11 is 1.67. The Morgan fingerprint density at radius 3 is 2.43 bits per heavy atom. The van der Waals surface area contributed by atoms with Gasteiger partial charge in [0.15, 0.2) is 6.10 Å². The molecule has 1 N–H and O–H groups in total. The van der Waals surface area contributed by atoms with Gasteiger partial charge < -0.3 is 14.7 Å². The molecular weight excluding hydrogens is 290 g/mol. The Morgan fingerprint density at radius 2 is 1.90 bits per heavy atom. The van der Waals surface area contributed by atoms with Gasteiger partial charge in [0.05, 0.1) is 0 Å². The zero-order chi connectivity index (χ0) is 15.4. The molecule has 1 fully saturated rings. The Kier molecular flexibility index (Phi) is 5.25. The van der Waals surface area contributed by atoms with E-state index in [9.17, 15) is 9.59 Å². The Bertz CT molecular complexity index is 517. The number of thioether (sulfide) groups is 1. The first-order chi connectivity index (χ1) is 10.0. The highest BCUT2D eigenvalue weighted by atomic mass is 32.2. The zero-order valence-corrected chi connectivity index (χ0v) is 12.9. The number of likely N-dealkylation sites (N-methyl/N-ethyl adjacent to an activating group) is 1. The second-order valence-corrected chi connectivity index (χ2v) is 5.95. The molecule has 1 amide bonds. The summed E-state index contributed by atoms with van der Waals surface area (Å²) in [5.41, 5.74) is 1.04. The van der Waals surface area contributed by atoms with Crippen LogP contribution in [0.1, 0.15) is 18.4 Å². The SMILES string of the molecule is CSc1ccc(CN(C)C(=O)C2CCC(C(=O)O)O2)cc1. The third-order valence-electron chi connectivity index (χ3n) is 3.53. The first kappa shape index (κ1) is 15.9. The van der Waals surface area contributed by atoms with Crippen molar-refractivity contribution in [3.05, 3.63) is 29.8 Å². The van der Waals surface area contributed by atoms with E-state index in [0.29, 0.717) is 19.4 Å². The van der Waals surface area contributed by atoms with Crippen LogP contribution >= 0.6 is 11.8 Å². The van der Waals surface area contributed by atoms with Crippen molar-refractivity contribution in [3.8, 4) is 0 Å². The molecule has 1 aromatic carbocycles. The van der Waals surface area contributed by atoms with Crippen LogP contribution in [0.4, 0.5) is 0 Å². The van der Waals surface area contributed by atoms with Crippen molar-refractivity contribution in [1.82, 2.24) is 4.90 Å². The summed E-state index contributed by atoms with van der Waals surface area (Å²) in [6.45, 7) is 0.491. The van der Waals surface area contributed by atoms with Crippen LogP contribution in [0.15, 0.2) is 29.2 Å². The molecule has 0 spiro atoms. The third-order valence-corrected chi connectivity index (χ3v) is 4.27. The maximum atomic E-state index is 12.2. The van der Waals surface area contributed by atoms with Gasteiger partial charge in [0, 0.05) is 18.5 Å². The number of carbonyl (C=O) groups excluding carboxylic acids is 1. The molecule has 114 valence electrons. The molecule has 1 aliphatic heterocycles. The van der Waals surface area contributed by atoms with E-state index in [1.165, 1.54) is 4.90 Å². The average molecular weight is 309 g/mol. The van der Waals surface area contributed by atoms with E-state index in [0.717, 1.165) is 5.56 Å². The summed E-state index contributed by atoms with van der Waals surface area (Å²) in [5.74, 6) is -1.16. The summed E-state index contributed by atoms with van der Waals surface area (Å²) in [4.78, 5) is 25.8. The fourth-order valence-electron chi connectivity index (χ4n) is 2.33. The van der Waals surface area contributed by atoms with Crippen molar-refractivity contribution in [2.45, 2.75) is 36.5 Å². The fraction of sp³-hybridized carbons (Fsp3) is 0.467. The molecule has 2 unspecified atom stereocenters. The molecule has 1 saturated heterocycles. The Hall–Kier alpha value is -1.53. The maximum absolute atomic E-state index is 12.2. The van der Waals surface area contributed by atoms with E-state index in [2.05, 4.69) is 0 Å². The van der Waals surface area contributed by atoms with Crippen molar-refractivity contribution in [3.63, 3.8) is 0 Å². The predicted octanol–water partition coefficient (Wildman–Crippen LogP) is 2.00. The maximum Gasteiger partial charge on any atom is 0.332 e. The van der Waals surface area contributed by atoms with E-state index in [-0.39, 0.29) is 5.91 Å². The number of nitrogens with zero attached hydrogens (tertiary/aromatic N) is 1. The number of ether oxygens (including phenoxy) is 1. The van der Waals surface area contributed by atoms with Crippen LogP contribution in [-0.2, 0) is 20.9 Å². The third kappa shape index (κ3) is 3.98. The van der Waals surface area contributed by atoms with Crippen LogP contribution < -0.4 is 0 Å². The molecule has 0 bridgehead atoms. The van der Waals surface area contributed by atoms with Crippen molar-refractivity contribution in [2.75, 3.05) is 13.3 Å². The quantitative estimate of drug-likeness (QED) is 0.843. The first-order valence-electron chi connectivity index (χ1n) is 6.77. The number of hydrogen-bond donors (Lipinski definition) is 1. The molecule has 0 aliphatic carbocycles. The molecule has 5 nitrogen and oxygen atoms in total. The second kappa shape index (κ2) is 6.95. The Morgan fingerprint density at radius 1 is 1.29 bits per heavy atom. The van der Waals surface area contributed by atoms with Gasteiger partial charge in [-0.15, -0.1) is 11.8 Å². The molecule has 0 saturated carbocycles. The zero-order valence-electron chi connectivity index (χ0n) is 12.1. The minimum absolute atomic E-state index is 0.160. The van der Waals surface area contributed by atoms with Gasteiger partial charge in [0.25, 0.3) is 5.91 Å². The number of benzene rings is 1. The number of carboxylic acids is 1. The molecule has 0 radical (unpaired) electrons. The molecule has 1 heterocycles. The van der Waals surface area contributed by atoms with Gasteiger partial charge in [0.2, 0.25) is 0 Å². The first-order valence-corrected chi connectivity index (χ1v) is 8.00. The lowest BCUT2D eigenvalue weighted by molar-refractivity contribution is -0.154. The monoisotopic (exact) mass is 309 g/mol. The highest BCUT2D eigenvalue weighted by molar-refractivity contribution is 7.98. The lowest BCUT2D eigenvalue weighted by atomic mass is 10.1. The predicted molar refractivity (Wildman–Crippen MR) is 80.2 cm³/mol. The van der Waals surface area contributed by atoms with Crippen LogP contribution in [0.3, 0.4) is 0 Å². The molecule has 0 aromatic heterocycles. The Balaban J connectivity index is 1.92. The number of aliphatic carboxylic acids is 1. The topological polar surface area (TPSA) is 66.8 Å². The van der Waals surface area contributed by atoms with Gasteiger partial charge in [-0.25, -0.2) is 4.79 Å². The van der Waals surface area contributed by atoms with Crippen molar-refractivity contribution >= 4 is 23.6 Å². The second-order valence-electron chi connectivity index (χ2n) is 5.07. The van der Waals surface area contributed by atoms with Crippen LogP contribution in [0.25, 0.3) is 0 Å². The number of carbonyl (C=O) groups is 2. The van der Waals surface area contributed by atoms with Crippen molar-refractivity contribution < 1.29 is 19.4 Å². The Labute approximate surface area is 128 Å². The molecule has 1 aliphatic rings. The molecule has 6 heteroatoms. The normalized spacial score (nSPS) is 21.2. The average Bonchev–Trinajstić information content (AvgIpc) is 2.97. The lowest BCUT2D eigenvalue weighted by Crippen LogP contribution is -2.36. The standard InChI is InChI=1S/C15H19NO4S/c1-16(9-10-3-5-11(21-2)6-4-10)14(17)12-7-8-13(20-12)15(18)19/h3-6,12-13H,7-9H2,1-2H3,(H,18,19). The number of carboxylic acid groups (broad SMARTS) is 1. The molecular formula is C15H19NO4S. The summed E-state index contributed by atoms with van der Waals surface area (Å²) in [6.07, 6.45) is 1.38. The van der Waals surface area contributed by atoms with Crippen molar-refractivity contribution in [2.24, 2.45) is 0 Å². The summed E-state index contributed by atoms with van der Waals surface area (Å²) < 4.78 is 5.29. The van der Waals surface area contributed by atoms with Crippen LogP contribution in [0.5, 0.6) is 0 Å². The number of amides is 1. The highest BCUT2D eigenvalue weighted by Gasteiger charge is 2.35. The minimum atomic E-state index is -0.999. The van der Waals surface area contributed by atoms with Gasteiger partial charge >= 0.3 is 5.97 Å². The smallest absolute Gasteiger partial charge is 0.332 e. The van der Waals surface area contributed by atoms with E-state index in [1.807, 2.05) is 30.5 Å².